The minimum Gasteiger partial charge on any atom is -0.480 e. The third-order valence-electron chi connectivity index (χ3n) is 2.09. The van der Waals surface area contributed by atoms with Crippen LogP contribution in [-0.4, -0.2) is 30.6 Å². The van der Waals surface area contributed by atoms with Gasteiger partial charge in [0.1, 0.15) is 0 Å². The molecule has 4 nitrogen and oxygen atoms in total. The summed E-state index contributed by atoms with van der Waals surface area (Å²) in [5.41, 5.74) is 1.14. The summed E-state index contributed by atoms with van der Waals surface area (Å²) < 4.78 is 12.0. The molecule has 1 heterocycles. The lowest BCUT2D eigenvalue weighted by atomic mass is 10.1. The topological polar surface area (TPSA) is 36.3 Å². The number of hydrogen-bond acceptors (Lipinski definition) is 3. The lowest BCUT2D eigenvalue weighted by molar-refractivity contribution is 0.183. The highest BCUT2D eigenvalue weighted by molar-refractivity contribution is 5.26. The summed E-state index contributed by atoms with van der Waals surface area (Å²) >= 11 is 0. The van der Waals surface area contributed by atoms with Crippen LogP contribution >= 0.6 is 0 Å². The number of aromatic nitrogens is 2. The van der Waals surface area contributed by atoms with Crippen LogP contribution in [0.5, 0.6) is 5.88 Å². The van der Waals surface area contributed by atoms with Crippen molar-refractivity contribution in [1.82, 2.24) is 9.78 Å². The van der Waals surface area contributed by atoms with Crippen molar-refractivity contribution in [3.63, 3.8) is 0 Å². The number of rotatable bonds is 5. The van der Waals surface area contributed by atoms with Crippen molar-refractivity contribution in [2.45, 2.75) is 26.3 Å². The zero-order valence-corrected chi connectivity index (χ0v) is 9.28. The van der Waals surface area contributed by atoms with E-state index in [1.807, 2.05) is 10.9 Å². The Morgan fingerprint density at radius 2 is 2.14 bits per heavy atom. The Bertz CT molecular complexity index is 282. The molecule has 0 amide bonds. The Kier molecular flexibility index (Phi) is 3.95. The zero-order valence-electron chi connectivity index (χ0n) is 9.28. The van der Waals surface area contributed by atoms with Gasteiger partial charge in [0, 0.05) is 18.9 Å². The largest absolute Gasteiger partial charge is 0.480 e. The molecular formula is C10H18N2O2. The van der Waals surface area contributed by atoms with E-state index in [4.69, 9.17) is 9.47 Å². The molecule has 0 saturated heterocycles. The second-order valence-electron chi connectivity index (χ2n) is 3.50. The Labute approximate surface area is 84.8 Å². The fourth-order valence-corrected chi connectivity index (χ4v) is 1.27. The first-order chi connectivity index (χ1) is 6.69. The van der Waals surface area contributed by atoms with E-state index in [9.17, 15) is 0 Å². The second kappa shape index (κ2) is 5.00. The maximum atomic E-state index is 5.19. The first-order valence-corrected chi connectivity index (χ1v) is 4.79. The summed E-state index contributed by atoms with van der Waals surface area (Å²) in [5.74, 6) is 1.15. The van der Waals surface area contributed by atoms with Gasteiger partial charge < -0.3 is 9.47 Å². The van der Waals surface area contributed by atoms with Gasteiger partial charge >= 0.3 is 0 Å². The molecule has 80 valence electrons. The molecule has 0 aliphatic rings. The van der Waals surface area contributed by atoms with Gasteiger partial charge in [0.25, 0.3) is 0 Å². The molecule has 0 radical (unpaired) electrons. The van der Waals surface area contributed by atoms with Gasteiger partial charge in [0.15, 0.2) is 0 Å². The summed E-state index contributed by atoms with van der Waals surface area (Å²) in [5, 5.41) is 4.30. The third-order valence-corrected chi connectivity index (χ3v) is 2.09. The van der Waals surface area contributed by atoms with Crippen molar-refractivity contribution >= 4 is 0 Å². The lowest BCUT2D eigenvalue weighted by Crippen LogP contribution is -2.04. The summed E-state index contributed by atoms with van der Waals surface area (Å²) in [7, 11) is 3.33. The fourth-order valence-electron chi connectivity index (χ4n) is 1.27. The van der Waals surface area contributed by atoms with Crippen molar-refractivity contribution in [2.75, 3.05) is 20.8 Å². The van der Waals surface area contributed by atoms with E-state index in [0.717, 1.165) is 18.0 Å². The molecule has 0 atom stereocenters. The maximum Gasteiger partial charge on any atom is 0.235 e. The molecule has 0 N–H and O–H groups in total. The highest BCUT2D eigenvalue weighted by Gasteiger charge is 2.11. The number of hydrogen-bond donors (Lipinski definition) is 0. The molecule has 0 aliphatic heterocycles. The predicted octanol–water partition coefficient (Wildman–Crippen LogP) is 1.66. The molecule has 0 unspecified atom stereocenters. The van der Waals surface area contributed by atoms with E-state index in [-0.39, 0.29) is 0 Å². The summed E-state index contributed by atoms with van der Waals surface area (Å²) in [6.45, 7) is 5.68. The average Bonchev–Trinajstić information content (AvgIpc) is 2.57. The van der Waals surface area contributed by atoms with Crippen molar-refractivity contribution < 1.29 is 9.47 Å². The Balaban J connectivity index is 2.78. The van der Waals surface area contributed by atoms with Crippen LogP contribution in [-0.2, 0) is 11.3 Å². The molecule has 4 heteroatoms. The first kappa shape index (κ1) is 11.0. The molecule has 1 rings (SSSR count). The molecule has 0 spiro atoms. The van der Waals surface area contributed by atoms with Crippen molar-refractivity contribution in [1.29, 1.82) is 0 Å². The van der Waals surface area contributed by atoms with Gasteiger partial charge in [-0.3, -0.25) is 4.68 Å². The first-order valence-electron chi connectivity index (χ1n) is 4.79. The summed E-state index contributed by atoms with van der Waals surface area (Å²) in [4.78, 5) is 0. The van der Waals surface area contributed by atoms with Gasteiger partial charge in [-0.15, -0.1) is 5.10 Å². The van der Waals surface area contributed by atoms with Crippen LogP contribution in [0.3, 0.4) is 0 Å². The predicted molar refractivity (Wildman–Crippen MR) is 54.7 cm³/mol. The molecule has 0 aliphatic carbocycles. The number of ether oxygens (including phenoxy) is 2. The summed E-state index contributed by atoms with van der Waals surface area (Å²) in [6.07, 6.45) is 2.02. The highest BCUT2D eigenvalue weighted by atomic mass is 16.5. The highest BCUT2D eigenvalue weighted by Crippen LogP contribution is 2.24. The van der Waals surface area contributed by atoms with Crippen LogP contribution < -0.4 is 4.74 Å². The van der Waals surface area contributed by atoms with E-state index < -0.39 is 0 Å². The quantitative estimate of drug-likeness (QED) is 0.722. The Hall–Kier alpha value is -1.03. The van der Waals surface area contributed by atoms with Crippen molar-refractivity contribution in [2.24, 2.45) is 0 Å². The van der Waals surface area contributed by atoms with Crippen LogP contribution in [0.15, 0.2) is 6.20 Å². The molecule has 0 fully saturated rings. The minimum absolute atomic E-state index is 0.432. The molecule has 14 heavy (non-hydrogen) atoms. The maximum absolute atomic E-state index is 5.19. The van der Waals surface area contributed by atoms with Crippen LogP contribution in [0.2, 0.25) is 0 Å². The standard InChI is InChI=1S/C10H18N2O2/c1-8(2)9-7-12(5-6-13-3)11-10(9)14-4/h7-8H,5-6H2,1-4H3. The van der Waals surface area contributed by atoms with E-state index in [2.05, 4.69) is 18.9 Å². The van der Waals surface area contributed by atoms with Crippen molar-refractivity contribution in [3.8, 4) is 5.88 Å². The summed E-state index contributed by atoms with van der Waals surface area (Å²) in [6, 6.07) is 0. The molecule has 0 aromatic carbocycles. The van der Waals surface area contributed by atoms with Crippen LogP contribution in [0.4, 0.5) is 0 Å². The Morgan fingerprint density at radius 3 is 2.57 bits per heavy atom. The van der Waals surface area contributed by atoms with Gasteiger partial charge in [-0.2, -0.15) is 0 Å². The number of nitrogens with zero attached hydrogens (tertiary/aromatic N) is 2. The Morgan fingerprint density at radius 1 is 1.43 bits per heavy atom. The average molecular weight is 198 g/mol. The van der Waals surface area contributed by atoms with Crippen LogP contribution in [0.25, 0.3) is 0 Å². The van der Waals surface area contributed by atoms with Gasteiger partial charge in [-0.05, 0) is 5.92 Å². The minimum atomic E-state index is 0.432. The second-order valence-corrected chi connectivity index (χ2v) is 3.50. The van der Waals surface area contributed by atoms with E-state index in [1.54, 1.807) is 14.2 Å². The van der Waals surface area contributed by atoms with E-state index in [1.165, 1.54) is 0 Å². The zero-order chi connectivity index (χ0) is 10.6. The fraction of sp³-hybridized carbons (Fsp3) is 0.700. The van der Waals surface area contributed by atoms with E-state index in [0.29, 0.717) is 12.5 Å². The third kappa shape index (κ3) is 2.48. The molecule has 1 aromatic rings. The van der Waals surface area contributed by atoms with Crippen LogP contribution in [0, 0.1) is 0 Å². The smallest absolute Gasteiger partial charge is 0.235 e. The van der Waals surface area contributed by atoms with Crippen molar-refractivity contribution in [3.05, 3.63) is 11.8 Å². The molecular weight excluding hydrogens is 180 g/mol. The van der Waals surface area contributed by atoms with Crippen LogP contribution in [0.1, 0.15) is 25.3 Å². The normalized spacial score (nSPS) is 10.9. The van der Waals surface area contributed by atoms with Gasteiger partial charge in [-0.25, -0.2) is 0 Å². The van der Waals surface area contributed by atoms with Gasteiger partial charge in [0.05, 0.1) is 20.3 Å². The molecule has 0 saturated carbocycles. The van der Waals surface area contributed by atoms with Gasteiger partial charge in [-0.1, -0.05) is 13.8 Å². The lowest BCUT2D eigenvalue weighted by Gasteiger charge is -2.01. The van der Waals surface area contributed by atoms with Gasteiger partial charge in [0.2, 0.25) is 5.88 Å². The molecule has 0 bridgehead atoms. The monoisotopic (exact) mass is 198 g/mol. The number of methoxy groups -OCH3 is 2. The molecule has 1 aromatic heterocycles. The SMILES string of the molecule is COCCn1cc(C(C)C)c(OC)n1. The van der Waals surface area contributed by atoms with E-state index >= 15 is 0 Å².